The van der Waals surface area contributed by atoms with Crippen LogP contribution >= 0.6 is 0 Å². The van der Waals surface area contributed by atoms with Crippen molar-refractivity contribution in [2.24, 2.45) is 0 Å². The van der Waals surface area contributed by atoms with Crippen LogP contribution in [0.15, 0.2) is 0 Å². The van der Waals surface area contributed by atoms with Crippen LogP contribution in [0.25, 0.3) is 0 Å². The number of hydrogen-bond donors (Lipinski definition) is 5. The zero-order chi connectivity index (χ0) is 16.8. The van der Waals surface area contributed by atoms with E-state index >= 15 is 0 Å². The Morgan fingerprint density at radius 1 is 0.909 bits per heavy atom. The Morgan fingerprint density at radius 2 is 1.32 bits per heavy atom. The summed E-state index contributed by atoms with van der Waals surface area (Å²) in [6, 6.07) is 0. The third-order valence-corrected chi connectivity index (χ3v) is 2.22. The fraction of sp³-hybridized carbons (Fsp3) is 0.500. The second-order valence-electron chi connectivity index (χ2n) is 3.97. The van der Waals surface area contributed by atoms with Gasteiger partial charge in [-0.05, 0) is 0 Å². The molecule has 0 aromatic rings. The van der Waals surface area contributed by atoms with Crippen molar-refractivity contribution in [3.05, 3.63) is 0 Å². The van der Waals surface area contributed by atoms with Crippen LogP contribution < -0.4 is 0 Å². The van der Waals surface area contributed by atoms with E-state index in [1.807, 2.05) is 0 Å². The van der Waals surface area contributed by atoms with Crippen LogP contribution in [0.1, 0.15) is 19.3 Å². The number of carboxylic acids is 4. The molecule has 22 heavy (non-hydrogen) atoms. The summed E-state index contributed by atoms with van der Waals surface area (Å²) in [7, 11) is 0. The van der Waals surface area contributed by atoms with Crippen LogP contribution in [0.5, 0.6) is 0 Å². The number of ether oxygens (including phenoxy) is 1. The Morgan fingerprint density at radius 3 is 1.59 bits per heavy atom. The molecule has 0 aromatic carbocycles. The third-order valence-electron chi connectivity index (χ3n) is 2.22. The Balaban J connectivity index is 0. The van der Waals surface area contributed by atoms with Gasteiger partial charge < -0.3 is 30.3 Å². The molecule has 0 heterocycles. The van der Waals surface area contributed by atoms with Gasteiger partial charge in [-0.3, -0.25) is 14.4 Å². The van der Waals surface area contributed by atoms with Gasteiger partial charge in [-0.1, -0.05) is 0 Å². The summed E-state index contributed by atoms with van der Waals surface area (Å²) in [5, 5.41) is 43.4. The minimum atomic E-state index is -2.90. The summed E-state index contributed by atoms with van der Waals surface area (Å²) < 4.78 is 4.32. The number of carboxylic acid groups (broad SMARTS) is 4. The summed E-state index contributed by atoms with van der Waals surface area (Å²) in [5.74, 6) is -8.86. The van der Waals surface area contributed by atoms with Crippen molar-refractivity contribution >= 4 is 81.2 Å². The molecule has 0 aliphatic carbocycles. The van der Waals surface area contributed by atoms with E-state index in [0.717, 1.165) is 0 Å². The van der Waals surface area contributed by atoms with Crippen molar-refractivity contribution in [2.75, 3.05) is 0 Å². The fourth-order valence-corrected chi connectivity index (χ4v) is 1.32. The minimum absolute atomic E-state index is 0. The first-order chi connectivity index (χ1) is 9.50. The van der Waals surface area contributed by atoms with Gasteiger partial charge >= 0.3 is 81.2 Å². The average molecular weight is 348 g/mol. The summed E-state index contributed by atoms with van der Waals surface area (Å²) >= 11 is 0. The van der Waals surface area contributed by atoms with Gasteiger partial charge in [0, 0.05) is 0 Å². The normalized spacial score (nSPS) is 11.7. The van der Waals surface area contributed by atoms with E-state index in [2.05, 4.69) is 4.74 Å². The molecule has 0 fully saturated rings. The Kier molecular flexibility index (Phi) is 10.4. The topological polar surface area (TPSA) is 196 Å². The van der Waals surface area contributed by atoms with Crippen LogP contribution in [0, 0.1) is 0 Å². The van der Waals surface area contributed by atoms with E-state index in [9.17, 15) is 24.0 Å². The fourth-order valence-electron chi connectivity index (χ4n) is 1.32. The van der Waals surface area contributed by atoms with Crippen LogP contribution in [-0.4, -0.2) is 118 Å². The van der Waals surface area contributed by atoms with Crippen LogP contribution in [-0.2, 0) is 28.7 Å². The first-order valence-corrected chi connectivity index (χ1v) is 5.30. The van der Waals surface area contributed by atoms with E-state index in [-0.39, 0.29) is 51.4 Å². The van der Waals surface area contributed by atoms with Gasteiger partial charge in [0.25, 0.3) is 0 Å². The standard InChI is InChI=1S/C10H12O11.K.H/c11-4(8(17)18)1-7(16)21-10(9(19)20,2-5(12)13)3-6(14)15;;/h4,11H,1-3H2,(H,12,13)(H,14,15)(H,17,18)(H,19,20);;. The zero-order valence-corrected chi connectivity index (χ0v) is 10.4. The SMILES string of the molecule is O=C(O)CC(CC(=O)O)(OC(=O)CC(O)C(=O)O)C(=O)O.[KH]. The first kappa shape index (κ1) is 23.2. The molecule has 0 rings (SSSR count). The van der Waals surface area contributed by atoms with Crippen LogP contribution in [0.4, 0.5) is 0 Å². The Bertz CT molecular complexity index is 455. The molecule has 0 saturated heterocycles. The van der Waals surface area contributed by atoms with Gasteiger partial charge in [-0.2, -0.15) is 0 Å². The van der Waals surface area contributed by atoms with Gasteiger partial charge in [0.15, 0.2) is 6.10 Å². The van der Waals surface area contributed by atoms with Crippen LogP contribution in [0.2, 0.25) is 0 Å². The number of hydrogen-bond acceptors (Lipinski definition) is 7. The predicted molar refractivity (Wildman–Crippen MR) is 66.4 cm³/mol. The molecule has 0 aliphatic heterocycles. The van der Waals surface area contributed by atoms with Crippen molar-refractivity contribution < 1.29 is 54.2 Å². The summed E-state index contributed by atoms with van der Waals surface area (Å²) in [6.07, 6.45) is -6.05. The Labute approximate surface area is 165 Å². The number of aliphatic hydroxyl groups is 1. The van der Waals surface area contributed by atoms with Crippen molar-refractivity contribution in [3.63, 3.8) is 0 Å². The number of carbonyl (C=O) groups excluding carboxylic acids is 1. The molecule has 0 spiro atoms. The quantitative estimate of drug-likeness (QED) is 0.218. The molecule has 0 bridgehead atoms. The molecule has 0 saturated carbocycles. The van der Waals surface area contributed by atoms with Crippen LogP contribution in [0.3, 0.4) is 0 Å². The maximum absolute atomic E-state index is 11.3. The number of carbonyl (C=O) groups is 5. The summed E-state index contributed by atoms with van der Waals surface area (Å²) in [5.41, 5.74) is -2.90. The van der Waals surface area contributed by atoms with Gasteiger partial charge in [0.2, 0.25) is 5.60 Å². The number of esters is 1. The maximum atomic E-state index is 11.3. The number of aliphatic carboxylic acids is 4. The summed E-state index contributed by atoms with van der Waals surface area (Å²) in [6.45, 7) is 0. The van der Waals surface area contributed by atoms with Gasteiger partial charge in [0.05, 0.1) is 19.3 Å². The first-order valence-electron chi connectivity index (χ1n) is 5.30. The molecule has 120 valence electrons. The third kappa shape index (κ3) is 7.81. The molecule has 1 atom stereocenters. The summed E-state index contributed by atoms with van der Waals surface area (Å²) in [4.78, 5) is 54.0. The second-order valence-corrected chi connectivity index (χ2v) is 3.97. The Hall–Kier alpha value is -1.05. The van der Waals surface area contributed by atoms with Crippen molar-refractivity contribution in [1.29, 1.82) is 0 Å². The predicted octanol–water partition coefficient (Wildman–Crippen LogP) is -2.51. The molecular formula is C10H13KO11. The molecule has 5 N–H and O–H groups in total. The van der Waals surface area contributed by atoms with Gasteiger partial charge in [-0.15, -0.1) is 0 Å². The van der Waals surface area contributed by atoms with Crippen molar-refractivity contribution in [3.8, 4) is 0 Å². The van der Waals surface area contributed by atoms with E-state index in [0.29, 0.717) is 0 Å². The van der Waals surface area contributed by atoms with Gasteiger partial charge in [-0.25, -0.2) is 9.59 Å². The average Bonchev–Trinajstić information content (AvgIpc) is 2.25. The molecule has 11 nitrogen and oxygen atoms in total. The molecule has 12 heteroatoms. The number of rotatable bonds is 9. The molecule has 0 aromatic heterocycles. The van der Waals surface area contributed by atoms with E-state index in [4.69, 9.17) is 25.5 Å². The molecule has 0 radical (unpaired) electrons. The molecular weight excluding hydrogens is 335 g/mol. The van der Waals surface area contributed by atoms with E-state index in [1.165, 1.54) is 0 Å². The molecule has 0 aliphatic rings. The van der Waals surface area contributed by atoms with Crippen molar-refractivity contribution in [1.82, 2.24) is 0 Å². The second kappa shape index (κ2) is 9.86. The van der Waals surface area contributed by atoms with Gasteiger partial charge in [0.1, 0.15) is 0 Å². The molecule has 0 amide bonds. The van der Waals surface area contributed by atoms with Crippen molar-refractivity contribution in [2.45, 2.75) is 31.0 Å². The zero-order valence-electron chi connectivity index (χ0n) is 10.4. The van der Waals surface area contributed by atoms with E-state index in [1.54, 1.807) is 0 Å². The monoisotopic (exact) mass is 348 g/mol. The van der Waals surface area contributed by atoms with E-state index < -0.39 is 60.8 Å². The number of aliphatic hydroxyl groups excluding tert-OH is 1. The molecule has 1 unspecified atom stereocenters.